The first-order chi connectivity index (χ1) is 31.8. The highest BCUT2D eigenvalue weighted by atomic mass is 35.5. The van der Waals surface area contributed by atoms with E-state index in [9.17, 15) is 29.4 Å². The number of carbonyl (C=O) groups is 2. The van der Waals surface area contributed by atoms with Crippen LogP contribution in [0.25, 0.3) is 11.4 Å². The monoisotopic (exact) mass is 962 g/mol. The molecule has 21 nitrogen and oxygen atoms in total. The van der Waals surface area contributed by atoms with Crippen LogP contribution in [-0.4, -0.2) is 139 Å². The Hall–Kier alpha value is -6.78. The minimum Gasteiger partial charge on any atom is -0.465 e. The largest absolute Gasteiger partial charge is 0.465 e. The van der Waals surface area contributed by atoms with E-state index in [1.165, 1.54) is 41.0 Å². The number of carboxylic acid groups (broad SMARTS) is 2. The van der Waals surface area contributed by atoms with Crippen molar-refractivity contribution >= 4 is 47.0 Å². The number of amides is 2. The molecule has 356 valence electrons. The van der Waals surface area contributed by atoms with Crippen LogP contribution in [0.1, 0.15) is 62.1 Å². The van der Waals surface area contributed by atoms with E-state index in [-0.39, 0.29) is 16.9 Å². The summed E-state index contributed by atoms with van der Waals surface area (Å²) >= 11 is 11.9. The van der Waals surface area contributed by atoms with Crippen molar-refractivity contribution < 1.29 is 35.5 Å². The molecule has 6 heterocycles. The van der Waals surface area contributed by atoms with Gasteiger partial charge in [0.15, 0.2) is 0 Å². The average molecular weight is 964 g/mol. The van der Waals surface area contributed by atoms with Gasteiger partial charge >= 0.3 is 23.6 Å². The van der Waals surface area contributed by atoms with Crippen LogP contribution in [0.3, 0.4) is 0 Å². The van der Waals surface area contributed by atoms with Crippen molar-refractivity contribution in [3.8, 4) is 11.4 Å². The number of benzene rings is 2. The molecule has 0 saturated carbocycles. The van der Waals surface area contributed by atoms with Gasteiger partial charge in [0.25, 0.3) is 0 Å². The highest BCUT2D eigenvalue weighted by molar-refractivity contribution is 6.30. The van der Waals surface area contributed by atoms with Crippen LogP contribution in [-0.2, 0) is 0 Å². The maximum Gasteiger partial charge on any atom is 0.407 e. The van der Waals surface area contributed by atoms with Crippen LogP contribution in [0, 0.1) is 0 Å². The molecule has 0 spiro atoms. The smallest absolute Gasteiger partial charge is 0.407 e. The van der Waals surface area contributed by atoms with Crippen molar-refractivity contribution in [2.24, 2.45) is 0 Å². The summed E-state index contributed by atoms with van der Waals surface area (Å²) in [6.07, 6.45) is 3.34. The van der Waals surface area contributed by atoms with E-state index in [1.54, 1.807) is 85.2 Å². The van der Waals surface area contributed by atoms with E-state index in [4.69, 9.17) is 33.4 Å². The van der Waals surface area contributed by atoms with Crippen LogP contribution in [0.2, 0.25) is 10.0 Å². The Labute approximate surface area is 394 Å². The fraction of sp³-hybridized carbons (Fsp3) is 0.364. The van der Waals surface area contributed by atoms with Gasteiger partial charge in [-0.1, -0.05) is 61.3 Å². The zero-order valence-corrected chi connectivity index (χ0v) is 38.2. The summed E-state index contributed by atoms with van der Waals surface area (Å²) < 4.78 is 5.35. The molecule has 2 amide bonds. The predicted molar refractivity (Wildman–Crippen MR) is 250 cm³/mol. The summed E-state index contributed by atoms with van der Waals surface area (Å²) in [5.74, 6) is 1.43. The van der Waals surface area contributed by atoms with Crippen LogP contribution in [0.4, 0.5) is 21.2 Å². The number of rotatable bonds is 12. The Morgan fingerprint density at radius 1 is 0.567 bits per heavy atom. The predicted octanol–water partition coefficient (Wildman–Crippen LogP) is 4.31. The van der Waals surface area contributed by atoms with Crippen molar-refractivity contribution in [3.05, 3.63) is 140 Å². The second kappa shape index (κ2) is 22.1. The molecule has 0 aliphatic carbocycles. The molecule has 0 bridgehead atoms. The Morgan fingerprint density at radius 3 is 1.19 bits per heavy atom. The average Bonchev–Trinajstić information content (AvgIpc) is 3.91. The number of nitrogens with zero attached hydrogens (tertiary/aromatic N) is 12. The van der Waals surface area contributed by atoms with Gasteiger partial charge in [-0.25, -0.2) is 47.6 Å². The van der Waals surface area contributed by atoms with Crippen molar-refractivity contribution in [3.63, 3.8) is 0 Å². The molecule has 2 aliphatic rings. The lowest BCUT2D eigenvalue weighted by atomic mass is 10.0. The first-order valence-corrected chi connectivity index (χ1v) is 22.1. The lowest BCUT2D eigenvalue weighted by Crippen LogP contribution is -2.48. The summed E-state index contributed by atoms with van der Waals surface area (Å²) in [5.41, 5.74) is 1.66. The first-order valence-electron chi connectivity index (χ1n) is 21.4. The zero-order valence-electron chi connectivity index (χ0n) is 36.7. The molecule has 0 radical (unpaired) electrons. The molecule has 2 fully saturated rings. The summed E-state index contributed by atoms with van der Waals surface area (Å²) in [6, 6.07) is 19.8. The first kappa shape index (κ1) is 49.6. The van der Waals surface area contributed by atoms with Crippen molar-refractivity contribution in [2.45, 2.75) is 51.0 Å². The third-order valence-corrected chi connectivity index (χ3v) is 12.3. The van der Waals surface area contributed by atoms with Crippen LogP contribution in [0.5, 0.6) is 0 Å². The van der Waals surface area contributed by atoms with Crippen molar-refractivity contribution in [2.75, 3.05) is 62.2 Å². The Kier molecular flexibility index (Phi) is 16.4. The SMILES string of the molecule is CCC(C(O)c1ccc(Cl)cc1)n1ncn(-c2ccc(N3CCN(C(=O)O)CC3)nc2)c1=O.CCC(C(O)c1ccc(Cl)cc1)n1ncn(-c2ccc(N3CCN(C(=O)O)CC3)nc2)c1=O.O. The van der Waals surface area contributed by atoms with E-state index in [0.29, 0.717) is 109 Å². The lowest BCUT2D eigenvalue weighted by molar-refractivity contribution is 0.101. The molecule has 4 unspecified atom stereocenters. The van der Waals surface area contributed by atoms with Gasteiger partial charge in [-0.3, -0.25) is 0 Å². The number of aliphatic hydroxyl groups excluding tert-OH is 2. The van der Waals surface area contributed by atoms with Gasteiger partial charge in [-0.15, -0.1) is 0 Å². The van der Waals surface area contributed by atoms with Gasteiger partial charge in [0.05, 0.1) is 35.9 Å². The molecular weight excluding hydrogens is 911 g/mol. The molecule has 8 rings (SSSR count). The number of anilines is 2. The molecule has 6 N–H and O–H groups in total. The summed E-state index contributed by atoms with van der Waals surface area (Å²) in [5, 5.41) is 49.5. The maximum atomic E-state index is 13.1. The topological polar surface area (TPSA) is 265 Å². The number of halogens is 2. The zero-order chi connectivity index (χ0) is 47.1. The Balaban J connectivity index is 0.000000218. The Morgan fingerprint density at radius 2 is 0.910 bits per heavy atom. The molecule has 4 aromatic heterocycles. The van der Waals surface area contributed by atoms with Crippen LogP contribution >= 0.6 is 23.2 Å². The number of hydrogen-bond acceptors (Lipinski definition) is 12. The van der Waals surface area contributed by atoms with E-state index in [0.717, 1.165) is 0 Å². The second-order valence-corrected chi connectivity index (χ2v) is 16.5. The fourth-order valence-electron chi connectivity index (χ4n) is 7.94. The number of aromatic nitrogens is 8. The van der Waals surface area contributed by atoms with E-state index < -0.39 is 36.5 Å². The van der Waals surface area contributed by atoms with Crippen LogP contribution in [0.15, 0.2) is 107 Å². The quantitative estimate of drug-likeness (QED) is 0.133. The van der Waals surface area contributed by atoms with Crippen molar-refractivity contribution in [1.29, 1.82) is 0 Å². The standard InChI is InChI=1S/2C22H25ClN6O4.H2O/c2*1-2-18(20(30)15-3-5-16(23)6-4-15)29-21(31)28(14-25-29)17-7-8-19(24-13-17)26-9-11-27(12-10-26)22(32)33;/h2*3-8,13-14,18,20,30H,2,9-12H2,1H3,(H,32,33);1H2. The van der Waals surface area contributed by atoms with Crippen LogP contribution < -0.4 is 21.2 Å². The van der Waals surface area contributed by atoms with Gasteiger partial charge in [-0.2, -0.15) is 10.2 Å². The van der Waals surface area contributed by atoms with E-state index in [1.807, 2.05) is 23.6 Å². The molecular formula is C44H52Cl2N12O9. The third-order valence-electron chi connectivity index (χ3n) is 11.8. The lowest BCUT2D eigenvalue weighted by Gasteiger charge is -2.33. The van der Waals surface area contributed by atoms with Crippen molar-refractivity contribution in [1.82, 2.24) is 48.5 Å². The molecule has 23 heteroatoms. The number of piperazine rings is 2. The van der Waals surface area contributed by atoms with Gasteiger partial charge < -0.3 is 45.5 Å². The summed E-state index contributed by atoms with van der Waals surface area (Å²) in [6.45, 7) is 7.64. The van der Waals surface area contributed by atoms with Gasteiger partial charge in [-0.05, 0) is 72.5 Å². The second-order valence-electron chi connectivity index (χ2n) is 15.7. The van der Waals surface area contributed by atoms with Gasteiger partial charge in [0.2, 0.25) is 0 Å². The normalized spacial score (nSPS) is 15.7. The van der Waals surface area contributed by atoms with Gasteiger partial charge in [0, 0.05) is 62.4 Å². The molecule has 2 aromatic carbocycles. The van der Waals surface area contributed by atoms with E-state index >= 15 is 0 Å². The van der Waals surface area contributed by atoms with E-state index in [2.05, 4.69) is 20.2 Å². The Bertz CT molecular complexity index is 2490. The molecule has 4 atom stereocenters. The molecule has 67 heavy (non-hydrogen) atoms. The maximum absolute atomic E-state index is 13.1. The molecule has 2 aliphatic heterocycles. The fourth-order valence-corrected chi connectivity index (χ4v) is 8.19. The molecule has 6 aromatic rings. The molecule has 2 saturated heterocycles. The minimum absolute atomic E-state index is 0. The highest BCUT2D eigenvalue weighted by Crippen LogP contribution is 2.30. The number of aliphatic hydroxyl groups is 2. The number of pyridine rings is 2. The summed E-state index contributed by atoms with van der Waals surface area (Å²) in [4.78, 5) is 64.0. The van der Waals surface area contributed by atoms with Gasteiger partial charge in [0.1, 0.15) is 36.5 Å². The summed E-state index contributed by atoms with van der Waals surface area (Å²) in [7, 11) is 0. The minimum atomic E-state index is -0.918. The number of hydrogen-bond donors (Lipinski definition) is 4. The highest BCUT2D eigenvalue weighted by Gasteiger charge is 2.28. The third kappa shape index (κ3) is 11.3.